The number of nitrogens with one attached hydrogen (secondary N) is 1. The fourth-order valence-corrected chi connectivity index (χ4v) is 3.33. The number of rotatable bonds is 4. The topological polar surface area (TPSA) is 12.0 Å². The van der Waals surface area contributed by atoms with Crippen LogP contribution in [0.25, 0.3) is 0 Å². The van der Waals surface area contributed by atoms with Crippen LogP contribution in [0.3, 0.4) is 0 Å². The molecular weight excluding hydrogens is 244 g/mol. The molecule has 1 aliphatic carbocycles. The SMILES string of the molecule is CCC1CCC(NC)C(Cc2c(F)cccc2F)C1. The van der Waals surface area contributed by atoms with E-state index in [1.165, 1.54) is 24.6 Å². The second kappa shape index (κ2) is 6.47. The smallest absolute Gasteiger partial charge is 0.129 e. The highest BCUT2D eigenvalue weighted by atomic mass is 19.1. The largest absolute Gasteiger partial charge is 0.317 e. The standard InChI is InChI=1S/C16H23F2N/c1-3-11-7-8-16(19-2)12(9-11)10-13-14(17)5-4-6-15(13)18/h4-6,11-12,16,19H,3,7-10H2,1-2H3. The van der Waals surface area contributed by atoms with Gasteiger partial charge in [-0.3, -0.25) is 0 Å². The van der Waals surface area contributed by atoms with Crippen molar-refractivity contribution < 1.29 is 8.78 Å². The van der Waals surface area contributed by atoms with Gasteiger partial charge in [0.1, 0.15) is 11.6 Å². The van der Waals surface area contributed by atoms with E-state index in [1.807, 2.05) is 7.05 Å². The molecule has 3 atom stereocenters. The van der Waals surface area contributed by atoms with Gasteiger partial charge in [-0.05, 0) is 56.7 Å². The van der Waals surface area contributed by atoms with Gasteiger partial charge in [0.05, 0.1) is 0 Å². The van der Waals surface area contributed by atoms with E-state index >= 15 is 0 Å². The summed E-state index contributed by atoms with van der Waals surface area (Å²) < 4.78 is 27.5. The van der Waals surface area contributed by atoms with Crippen LogP contribution in [-0.4, -0.2) is 13.1 Å². The van der Waals surface area contributed by atoms with Crippen molar-refractivity contribution in [3.05, 3.63) is 35.4 Å². The van der Waals surface area contributed by atoms with Crippen molar-refractivity contribution in [3.8, 4) is 0 Å². The molecule has 3 heteroatoms. The van der Waals surface area contributed by atoms with E-state index < -0.39 is 11.6 Å². The molecule has 1 fully saturated rings. The Morgan fingerprint density at radius 2 is 1.89 bits per heavy atom. The molecule has 0 amide bonds. The molecule has 0 bridgehead atoms. The highest BCUT2D eigenvalue weighted by Gasteiger charge is 2.30. The Labute approximate surface area is 114 Å². The van der Waals surface area contributed by atoms with Crippen molar-refractivity contribution in [2.24, 2.45) is 11.8 Å². The Morgan fingerprint density at radius 3 is 2.47 bits per heavy atom. The summed E-state index contributed by atoms with van der Waals surface area (Å²) in [7, 11) is 1.95. The molecule has 0 saturated heterocycles. The summed E-state index contributed by atoms with van der Waals surface area (Å²) in [5, 5.41) is 3.31. The van der Waals surface area contributed by atoms with E-state index in [-0.39, 0.29) is 5.56 Å². The van der Waals surface area contributed by atoms with Gasteiger partial charge in [0.25, 0.3) is 0 Å². The predicted octanol–water partition coefficient (Wildman–Crippen LogP) is 3.92. The lowest BCUT2D eigenvalue weighted by molar-refractivity contribution is 0.203. The van der Waals surface area contributed by atoms with E-state index in [0.717, 1.165) is 19.3 Å². The van der Waals surface area contributed by atoms with Crippen LogP contribution in [0.5, 0.6) is 0 Å². The van der Waals surface area contributed by atoms with E-state index in [1.54, 1.807) is 0 Å². The highest BCUT2D eigenvalue weighted by molar-refractivity contribution is 5.20. The Hall–Kier alpha value is -0.960. The lowest BCUT2D eigenvalue weighted by Gasteiger charge is -2.36. The van der Waals surface area contributed by atoms with Crippen LogP contribution in [-0.2, 0) is 6.42 Å². The molecule has 3 unspecified atom stereocenters. The third kappa shape index (κ3) is 3.33. The number of hydrogen-bond donors (Lipinski definition) is 1. The van der Waals surface area contributed by atoms with Crippen molar-refractivity contribution in [1.29, 1.82) is 0 Å². The monoisotopic (exact) mass is 267 g/mol. The molecule has 1 N–H and O–H groups in total. The van der Waals surface area contributed by atoms with Crippen molar-refractivity contribution in [3.63, 3.8) is 0 Å². The van der Waals surface area contributed by atoms with Crippen LogP contribution in [0.15, 0.2) is 18.2 Å². The van der Waals surface area contributed by atoms with E-state index in [2.05, 4.69) is 12.2 Å². The minimum absolute atomic E-state index is 0.254. The number of hydrogen-bond acceptors (Lipinski definition) is 1. The van der Waals surface area contributed by atoms with Crippen LogP contribution in [0.2, 0.25) is 0 Å². The maximum absolute atomic E-state index is 13.8. The average Bonchev–Trinajstić information content (AvgIpc) is 2.42. The van der Waals surface area contributed by atoms with Gasteiger partial charge in [-0.2, -0.15) is 0 Å². The highest BCUT2D eigenvalue weighted by Crippen LogP contribution is 2.34. The lowest BCUT2D eigenvalue weighted by atomic mass is 9.74. The second-order valence-corrected chi connectivity index (χ2v) is 5.65. The molecular formula is C16H23F2N. The predicted molar refractivity (Wildman–Crippen MR) is 74.0 cm³/mol. The van der Waals surface area contributed by atoms with Gasteiger partial charge in [-0.25, -0.2) is 8.78 Å². The number of benzene rings is 1. The summed E-state index contributed by atoms with van der Waals surface area (Å²) in [4.78, 5) is 0. The second-order valence-electron chi connectivity index (χ2n) is 5.65. The van der Waals surface area contributed by atoms with E-state index in [0.29, 0.717) is 24.3 Å². The van der Waals surface area contributed by atoms with Gasteiger partial charge < -0.3 is 5.32 Å². The molecule has 1 aliphatic rings. The Kier molecular flexibility index (Phi) is 4.92. The van der Waals surface area contributed by atoms with Crippen molar-refractivity contribution in [1.82, 2.24) is 5.32 Å². The van der Waals surface area contributed by atoms with Gasteiger partial charge in [-0.1, -0.05) is 19.4 Å². The zero-order valence-electron chi connectivity index (χ0n) is 11.8. The zero-order valence-corrected chi connectivity index (χ0v) is 11.8. The molecule has 0 heterocycles. The third-order valence-corrected chi connectivity index (χ3v) is 4.57. The van der Waals surface area contributed by atoms with Crippen molar-refractivity contribution in [2.75, 3.05) is 7.05 Å². The maximum Gasteiger partial charge on any atom is 0.129 e. The van der Waals surface area contributed by atoms with Gasteiger partial charge in [-0.15, -0.1) is 0 Å². The minimum atomic E-state index is -0.409. The zero-order chi connectivity index (χ0) is 13.8. The molecule has 19 heavy (non-hydrogen) atoms. The summed E-state index contributed by atoms with van der Waals surface area (Å²) >= 11 is 0. The van der Waals surface area contributed by atoms with Crippen LogP contribution < -0.4 is 5.32 Å². The van der Waals surface area contributed by atoms with Gasteiger partial charge in [0.2, 0.25) is 0 Å². The van der Waals surface area contributed by atoms with Crippen molar-refractivity contribution >= 4 is 0 Å². The summed E-state index contributed by atoms with van der Waals surface area (Å²) in [5.74, 6) is 0.210. The molecule has 0 aromatic heterocycles. The van der Waals surface area contributed by atoms with Crippen LogP contribution >= 0.6 is 0 Å². The van der Waals surface area contributed by atoms with Crippen LogP contribution in [0, 0.1) is 23.5 Å². The molecule has 0 spiro atoms. The first-order valence-electron chi connectivity index (χ1n) is 7.25. The van der Waals surface area contributed by atoms with E-state index in [9.17, 15) is 8.78 Å². The molecule has 1 aromatic carbocycles. The average molecular weight is 267 g/mol. The summed E-state index contributed by atoms with van der Waals surface area (Å²) in [6.07, 6.45) is 5.05. The van der Waals surface area contributed by atoms with E-state index in [4.69, 9.17) is 0 Å². The maximum atomic E-state index is 13.8. The van der Waals surface area contributed by atoms with Gasteiger partial charge >= 0.3 is 0 Å². The fraction of sp³-hybridized carbons (Fsp3) is 0.625. The molecule has 0 aliphatic heterocycles. The quantitative estimate of drug-likeness (QED) is 0.871. The Morgan fingerprint density at radius 1 is 1.21 bits per heavy atom. The molecule has 106 valence electrons. The van der Waals surface area contributed by atoms with Crippen molar-refractivity contribution in [2.45, 2.75) is 45.1 Å². The van der Waals surface area contributed by atoms with Gasteiger partial charge in [0.15, 0.2) is 0 Å². The third-order valence-electron chi connectivity index (χ3n) is 4.57. The Bertz CT molecular complexity index is 399. The first kappa shape index (κ1) is 14.4. The fourth-order valence-electron chi connectivity index (χ4n) is 3.33. The molecule has 1 saturated carbocycles. The summed E-state index contributed by atoms with van der Waals surface area (Å²) in [6.45, 7) is 2.20. The molecule has 1 aromatic rings. The Balaban J connectivity index is 2.14. The normalized spacial score (nSPS) is 27.5. The van der Waals surface area contributed by atoms with Crippen LogP contribution in [0.1, 0.15) is 38.2 Å². The summed E-state index contributed by atoms with van der Waals surface area (Å²) in [6, 6.07) is 4.51. The molecule has 0 radical (unpaired) electrons. The lowest BCUT2D eigenvalue weighted by Crippen LogP contribution is -2.39. The minimum Gasteiger partial charge on any atom is -0.317 e. The first-order valence-corrected chi connectivity index (χ1v) is 7.25. The molecule has 2 rings (SSSR count). The molecule has 1 nitrogen and oxygen atoms in total. The number of halogens is 2. The van der Waals surface area contributed by atoms with Crippen LogP contribution in [0.4, 0.5) is 8.78 Å². The first-order chi connectivity index (χ1) is 9.15. The summed E-state index contributed by atoms with van der Waals surface area (Å²) in [5.41, 5.74) is 0.254. The van der Waals surface area contributed by atoms with Gasteiger partial charge in [0, 0.05) is 11.6 Å².